The van der Waals surface area contributed by atoms with Crippen molar-refractivity contribution in [2.24, 2.45) is 0 Å². The smallest absolute Gasteiger partial charge is 0.226 e. The highest BCUT2D eigenvalue weighted by molar-refractivity contribution is 5.91. The molecule has 1 aliphatic rings. The van der Waals surface area contributed by atoms with Crippen molar-refractivity contribution in [3.8, 4) is 0 Å². The Morgan fingerprint density at radius 1 is 1.23 bits per heavy atom. The molecule has 1 saturated heterocycles. The number of anilines is 1. The number of hydrogen-bond acceptors (Lipinski definition) is 4. The molecule has 1 unspecified atom stereocenters. The van der Waals surface area contributed by atoms with E-state index in [1.807, 2.05) is 30.3 Å². The number of carbonyl (C=O) groups is 2. The van der Waals surface area contributed by atoms with Crippen LogP contribution in [-0.4, -0.2) is 44.2 Å². The number of rotatable bonds is 6. The lowest BCUT2D eigenvalue weighted by Crippen LogP contribution is -2.44. The summed E-state index contributed by atoms with van der Waals surface area (Å²) in [5, 5.41) is 8.74. The molecule has 1 atom stereocenters. The molecule has 7 heteroatoms. The molecule has 1 fully saturated rings. The second kappa shape index (κ2) is 10.2. The van der Waals surface area contributed by atoms with Gasteiger partial charge in [0, 0.05) is 37.7 Å². The maximum Gasteiger partial charge on any atom is 0.226 e. The number of ether oxygens (including phenoxy) is 1. The Morgan fingerprint density at radius 3 is 2.68 bits per heavy atom. The third-order valence-corrected chi connectivity index (χ3v) is 3.16. The van der Waals surface area contributed by atoms with Gasteiger partial charge >= 0.3 is 0 Å². The first-order chi connectivity index (χ1) is 10.2. The monoisotopic (exact) mass is 327 g/mol. The summed E-state index contributed by atoms with van der Waals surface area (Å²) in [7, 11) is 0. The SMILES string of the molecule is Cl.O=C(CC1COCCN1)NCCC(=O)Nc1ccccc1. The zero-order valence-corrected chi connectivity index (χ0v) is 13.2. The molecule has 0 aliphatic carbocycles. The molecule has 1 aromatic rings. The molecule has 0 radical (unpaired) electrons. The summed E-state index contributed by atoms with van der Waals surface area (Å²) >= 11 is 0. The van der Waals surface area contributed by atoms with Crippen LogP contribution in [0.3, 0.4) is 0 Å². The topological polar surface area (TPSA) is 79.5 Å². The maximum absolute atomic E-state index is 11.7. The Balaban J connectivity index is 0.00000242. The Labute approximate surface area is 136 Å². The van der Waals surface area contributed by atoms with Crippen molar-refractivity contribution in [1.29, 1.82) is 0 Å². The van der Waals surface area contributed by atoms with Gasteiger partial charge in [0.25, 0.3) is 0 Å². The highest BCUT2D eigenvalue weighted by Crippen LogP contribution is 2.05. The third-order valence-electron chi connectivity index (χ3n) is 3.16. The number of carbonyl (C=O) groups excluding carboxylic acids is 2. The van der Waals surface area contributed by atoms with E-state index in [-0.39, 0.29) is 36.7 Å². The van der Waals surface area contributed by atoms with Crippen LogP contribution in [0.2, 0.25) is 0 Å². The minimum atomic E-state index is -0.111. The molecule has 3 N–H and O–H groups in total. The van der Waals surface area contributed by atoms with Gasteiger partial charge in [0.1, 0.15) is 0 Å². The Kier molecular flexibility index (Phi) is 8.50. The minimum Gasteiger partial charge on any atom is -0.378 e. The molecule has 1 aromatic carbocycles. The fourth-order valence-corrected chi connectivity index (χ4v) is 2.11. The molecule has 22 heavy (non-hydrogen) atoms. The van der Waals surface area contributed by atoms with Gasteiger partial charge in [-0.05, 0) is 12.1 Å². The van der Waals surface area contributed by atoms with Crippen LogP contribution in [0.15, 0.2) is 30.3 Å². The van der Waals surface area contributed by atoms with E-state index in [1.54, 1.807) is 0 Å². The lowest BCUT2D eigenvalue weighted by atomic mass is 10.2. The lowest BCUT2D eigenvalue weighted by molar-refractivity contribution is -0.122. The predicted octanol–water partition coefficient (Wildman–Crippen LogP) is 0.932. The zero-order valence-electron chi connectivity index (χ0n) is 12.3. The Morgan fingerprint density at radius 2 is 2.00 bits per heavy atom. The second-order valence-corrected chi connectivity index (χ2v) is 4.94. The van der Waals surface area contributed by atoms with Gasteiger partial charge in [0.05, 0.1) is 13.2 Å². The Bertz CT molecular complexity index is 464. The van der Waals surface area contributed by atoms with Crippen molar-refractivity contribution < 1.29 is 14.3 Å². The molecule has 2 amide bonds. The highest BCUT2D eigenvalue weighted by atomic mass is 35.5. The van der Waals surface area contributed by atoms with Gasteiger partial charge in [-0.25, -0.2) is 0 Å². The molecule has 6 nitrogen and oxygen atoms in total. The number of morpholine rings is 1. The largest absolute Gasteiger partial charge is 0.378 e. The van der Waals surface area contributed by atoms with E-state index < -0.39 is 0 Å². The standard InChI is InChI=1S/C15H21N3O3.ClH/c19-14(18-12-4-2-1-3-5-12)6-7-17-15(20)10-13-11-21-9-8-16-13;/h1-5,13,16H,6-11H2,(H,17,20)(H,18,19);1H. The van der Waals surface area contributed by atoms with Gasteiger partial charge in [-0.1, -0.05) is 18.2 Å². The quantitative estimate of drug-likeness (QED) is 0.726. The van der Waals surface area contributed by atoms with Gasteiger partial charge < -0.3 is 20.7 Å². The number of nitrogens with one attached hydrogen (secondary N) is 3. The number of amides is 2. The molecule has 0 bridgehead atoms. The predicted molar refractivity (Wildman–Crippen MR) is 87.2 cm³/mol. The van der Waals surface area contributed by atoms with Gasteiger partial charge in [0.2, 0.25) is 11.8 Å². The highest BCUT2D eigenvalue weighted by Gasteiger charge is 2.16. The van der Waals surface area contributed by atoms with E-state index in [0.29, 0.717) is 26.2 Å². The van der Waals surface area contributed by atoms with Gasteiger partial charge in [-0.15, -0.1) is 12.4 Å². The number of para-hydroxylation sites is 1. The lowest BCUT2D eigenvalue weighted by Gasteiger charge is -2.23. The van der Waals surface area contributed by atoms with Crippen LogP contribution < -0.4 is 16.0 Å². The summed E-state index contributed by atoms with van der Waals surface area (Å²) in [5.74, 6) is -0.175. The van der Waals surface area contributed by atoms with Gasteiger partial charge in [0.15, 0.2) is 0 Å². The van der Waals surface area contributed by atoms with E-state index in [2.05, 4.69) is 16.0 Å². The van der Waals surface area contributed by atoms with Crippen molar-refractivity contribution in [3.63, 3.8) is 0 Å². The van der Waals surface area contributed by atoms with Crippen LogP contribution in [0.1, 0.15) is 12.8 Å². The molecule has 1 aliphatic heterocycles. The first-order valence-electron chi connectivity index (χ1n) is 7.17. The average molecular weight is 328 g/mol. The molecular weight excluding hydrogens is 306 g/mol. The molecule has 1 heterocycles. The van der Waals surface area contributed by atoms with Crippen molar-refractivity contribution in [3.05, 3.63) is 30.3 Å². The van der Waals surface area contributed by atoms with Crippen LogP contribution in [0.4, 0.5) is 5.69 Å². The maximum atomic E-state index is 11.7. The molecule has 0 aromatic heterocycles. The fourth-order valence-electron chi connectivity index (χ4n) is 2.11. The molecular formula is C15H22ClN3O3. The summed E-state index contributed by atoms with van der Waals surface area (Å²) in [5.41, 5.74) is 0.761. The number of hydrogen-bond donors (Lipinski definition) is 3. The van der Waals surface area contributed by atoms with E-state index in [1.165, 1.54) is 0 Å². The zero-order chi connectivity index (χ0) is 14.9. The molecule has 0 saturated carbocycles. The summed E-state index contributed by atoms with van der Waals surface area (Å²) in [4.78, 5) is 23.4. The van der Waals surface area contributed by atoms with Crippen LogP contribution in [0.25, 0.3) is 0 Å². The Hall–Kier alpha value is -1.63. The molecule has 0 spiro atoms. The van der Waals surface area contributed by atoms with Crippen LogP contribution in [0.5, 0.6) is 0 Å². The number of halogens is 1. The van der Waals surface area contributed by atoms with Crippen molar-refractivity contribution in [2.75, 3.05) is 31.6 Å². The van der Waals surface area contributed by atoms with Crippen LogP contribution >= 0.6 is 12.4 Å². The van der Waals surface area contributed by atoms with Gasteiger partial charge in [-0.3, -0.25) is 9.59 Å². The summed E-state index contributed by atoms with van der Waals surface area (Å²) < 4.78 is 5.29. The van der Waals surface area contributed by atoms with Crippen LogP contribution in [0, 0.1) is 0 Å². The molecule has 2 rings (SSSR count). The summed E-state index contributed by atoms with van der Waals surface area (Å²) in [6, 6.07) is 9.32. The fraction of sp³-hybridized carbons (Fsp3) is 0.467. The first-order valence-corrected chi connectivity index (χ1v) is 7.17. The van der Waals surface area contributed by atoms with E-state index >= 15 is 0 Å². The normalized spacial score (nSPS) is 17.2. The van der Waals surface area contributed by atoms with Crippen molar-refractivity contribution in [2.45, 2.75) is 18.9 Å². The first kappa shape index (κ1) is 18.4. The van der Waals surface area contributed by atoms with E-state index in [0.717, 1.165) is 12.2 Å². The summed E-state index contributed by atoms with van der Waals surface area (Å²) in [6.45, 7) is 2.36. The van der Waals surface area contributed by atoms with Crippen LogP contribution in [-0.2, 0) is 14.3 Å². The second-order valence-electron chi connectivity index (χ2n) is 4.94. The minimum absolute atomic E-state index is 0. The third kappa shape index (κ3) is 6.89. The van der Waals surface area contributed by atoms with Crippen molar-refractivity contribution >= 4 is 29.9 Å². The van der Waals surface area contributed by atoms with E-state index in [9.17, 15) is 9.59 Å². The average Bonchev–Trinajstić information content (AvgIpc) is 2.49. The van der Waals surface area contributed by atoms with Crippen molar-refractivity contribution in [1.82, 2.24) is 10.6 Å². The van der Waals surface area contributed by atoms with Gasteiger partial charge in [-0.2, -0.15) is 0 Å². The van der Waals surface area contributed by atoms with E-state index in [4.69, 9.17) is 4.74 Å². The molecule has 122 valence electrons. The number of benzene rings is 1. The summed E-state index contributed by atoms with van der Waals surface area (Å²) in [6.07, 6.45) is 0.634.